The first kappa shape index (κ1) is 16.0. The third kappa shape index (κ3) is 3.83. The molecule has 0 bridgehead atoms. The zero-order valence-corrected chi connectivity index (χ0v) is 13.3. The maximum Gasteiger partial charge on any atom is 0.238 e. The first-order chi connectivity index (χ1) is 10.0. The summed E-state index contributed by atoms with van der Waals surface area (Å²) in [5, 5.41) is 9.94. The molecule has 1 aromatic heterocycles. The maximum absolute atomic E-state index is 12.3. The van der Waals surface area contributed by atoms with Crippen LogP contribution in [0.15, 0.2) is 0 Å². The Bertz CT molecular complexity index is 465. The van der Waals surface area contributed by atoms with Gasteiger partial charge in [0.25, 0.3) is 0 Å². The highest BCUT2D eigenvalue weighted by Gasteiger charge is 2.28. The molecular formula is C15H27N5O. The van der Waals surface area contributed by atoms with Crippen molar-refractivity contribution in [2.24, 2.45) is 11.7 Å². The van der Waals surface area contributed by atoms with Gasteiger partial charge in [0.2, 0.25) is 5.91 Å². The van der Waals surface area contributed by atoms with Crippen molar-refractivity contribution < 1.29 is 4.79 Å². The Morgan fingerprint density at radius 2 is 2.29 bits per heavy atom. The van der Waals surface area contributed by atoms with Gasteiger partial charge in [-0.25, -0.2) is 0 Å². The second-order valence-electron chi connectivity index (χ2n) is 6.02. The maximum atomic E-state index is 12.3. The number of nitrogens with one attached hydrogen (secondary N) is 2. The van der Waals surface area contributed by atoms with Crippen molar-refractivity contribution in [3.63, 3.8) is 0 Å². The van der Waals surface area contributed by atoms with Crippen LogP contribution in [0.4, 0.5) is 5.69 Å². The topological polar surface area (TPSA) is 87.0 Å². The molecule has 2 heterocycles. The summed E-state index contributed by atoms with van der Waals surface area (Å²) in [5.41, 5.74) is 8.39. The van der Waals surface area contributed by atoms with Gasteiger partial charge in [0.05, 0.1) is 23.6 Å². The number of aryl methyl sites for hydroxylation is 2. The summed E-state index contributed by atoms with van der Waals surface area (Å²) in [7, 11) is 0. The van der Waals surface area contributed by atoms with Crippen LogP contribution in [0.25, 0.3) is 0 Å². The van der Waals surface area contributed by atoms with Crippen LogP contribution in [0.5, 0.6) is 0 Å². The standard InChI is InChI=1S/C15H27N5O/c1-4-12-5-6-20(13(7-12)8-16)9-14(21)17-15-10(2)18-19-11(15)3/h12-13H,4-9,16H2,1-3H3,(H,17,21)(H,18,19). The summed E-state index contributed by atoms with van der Waals surface area (Å²) in [5.74, 6) is 0.757. The largest absolute Gasteiger partial charge is 0.329 e. The summed E-state index contributed by atoms with van der Waals surface area (Å²) < 4.78 is 0. The molecule has 0 spiro atoms. The average molecular weight is 293 g/mol. The lowest BCUT2D eigenvalue weighted by Gasteiger charge is -2.38. The minimum Gasteiger partial charge on any atom is -0.329 e. The number of hydrogen-bond acceptors (Lipinski definition) is 4. The Hall–Kier alpha value is -1.40. The van der Waals surface area contributed by atoms with E-state index in [0.29, 0.717) is 19.1 Å². The monoisotopic (exact) mass is 293 g/mol. The molecule has 0 saturated carbocycles. The van der Waals surface area contributed by atoms with Crippen LogP contribution >= 0.6 is 0 Å². The fraction of sp³-hybridized carbons (Fsp3) is 0.733. The predicted octanol–water partition coefficient (Wildman–Crippen LogP) is 1.41. The highest BCUT2D eigenvalue weighted by Crippen LogP contribution is 2.25. The number of nitrogens with two attached hydrogens (primary N) is 1. The van der Waals surface area contributed by atoms with E-state index in [1.807, 2.05) is 13.8 Å². The summed E-state index contributed by atoms with van der Waals surface area (Å²) in [4.78, 5) is 14.5. The van der Waals surface area contributed by atoms with Crippen LogP contribution in [0.3, 0.4) is 0 Å². The molecule has 1 fully saturated rings. The van der Waals surface area contributed by atoms with E-state index in [4.69, 9.17) is 5.73 Å². The summed E-state index contributed by atoms with van der Waals surface area (Å²) >= 11 is 0. The van der Waals surface area contributed by atoms with E-state index in [1.54, 1.807) is 0 Å². The molecule has 0 aromatic carbocycles. The fourth-order valence-electron chi connectivity index (χ4n) is 3.11. The van der Waals surface area contributed by atoms with Crippen molar-refractivity contribution in [3.8, 4) is 0 Å². The highest BCUT2D eigenvalue weighted by molar-refractivity contribution is 5.93. The number of amides is 1. The second kappa shape index (κ2) is 7.04. The van der Waals surface area contributed by atoms with E-state index < -0.39 is 0 Å². The first-order valence-electron chi connectivity index (χ1n) is 7.80. The fourth-order valence-corrected chi connectivity index (χ4v) is 3.11. The van der Waals surface area contributed by atoms with Crippen molar-refractivity contribution in [1.29, 1.82) is 0 Å². The van der Waals surface area contributed by atoms with Crippen molar-refractivity contribution in [2.45, 2.75) is 46.1 Å². The number of piperidine rings is 1. The zero-order valence-electron chi connectivity index (χ0n) is 13.3. The van der Waals surface area contributed by atoms with Crippen LogP contribution in [0.2, 0.25) is 0 Å². The minimum atomic E-state index is 0.0102. The summed E-state index contributed by atoms with van der Waals surface area (Å²) in [6, 6.07) is 0.320. The molecule has 1 aromatic rings. The van der Waals surface area contributed by atoms with Crippen LogP contribution in [-0.2, 0) is 4.79 Å². The normalized spacial score (nSPS) is 23.2. The third-order valence-electron chi connectivity index (χ3n) is 4.54. The Morgan fingerprint density at radius 3 is 2.86 bits per heavy atom. The van der Waals surface area contributed by atoms with Crippen molar-refractivity contribution in [1.82, 2.24) is 15.1 Å². The van der Waals surface area contributed by atoms with Gasteiger partial charge in [-0.15, -0.1) is 0 Å². The lowest BCUT2D eigenvalue weighted by atomic mass is 9.89. The van der Waals surface area contributed by atoms with Crippen LogP contribution < -0.4 is 11.1 Å². The Balaban J connectivity index is 1.93. The van der Waals surface area contributed by atoms with Crippen molar-refractivity contribution in [2.75, 3.05) is 25.0 Å². The lowest BCUT2D eigenvalue weighted by Crippen LogP contribution is -2.49. The van der Waals surface area contributed by atoms with E-state index in [9.17, 15) is 4.79 Å². The summed E-state index contributed by atoms with van der Waals surface area (Å²) in [6.07, 6.45) is 3.46. The number of carbonyl (C=O) groups excluding carboxylic acids is 1. The molecule has 1 aliphatic heterocycles. The molecule has 6 heteroatoms. The molecule has 0 aliphatic carbocycles. The Morgan fingerprint density at radius 1 is 1.52 bits per heavy atom. The smallest absolute Gasteiger partial charge is 0.238 e. The van der Waals surface area contributed by atoms with Crippen LogP contribution in [-0.4, -0.2) is 46.7 Å². The van der Waals surface area contributed by atoms with Crippen LogP contribution in [0.1, 0.15) is 37.6 Å². The Kier molecular flexibility index (Phi) is 5.36. The molecule has 1 saturated heterocycles. The van der Waals surface area contributed by atoms with E-state index >= 15 is 0 Å². The highest BCUT2D eigenvalue weighted by atomic mass is 16.2. The SMILES string of the molecule is CCC1CCN(CC(=O)Nc2c(C)n[nH]c2C)C(CN)C1. The van der Waals surface area contributed by atoms with Gasteiger partial charge in [-0.1, -0.05) is 13.3 Å². The number of H-pyrrole nitrogens is 1. The molecule has 2 rings (SSSR count). The minimum absolute atomic E-state index is 0.0102. The number of hydrogen-bond donors (Lipinski definition) is 3. The second-order valence-corrected chi connectivity index (χ2v) is 6.02. The van der Waals surface area contributed by atoms with Crippen molar-refractivity contribution in [3.05, 3.63) is 11.4 Å². The number of carbonyl (C=O) groups is 1. The number of nitrogens with zero attached hydrogens (tertiary/aromatic N) is 2. The molecular weight excluding hydrogens is 266 g/mol. The van der Waals surface area contributed by atoms with Gasteiger partial charge in [-0.2, -0.15) is 5.10 Å². The lowest BCUT2D eigenvalue weighted by molar-refractivity contribution is -0.118. The number of anilines is 1. The first-order valence-corrected chi connectivity index (χ1v) is 7.80. The van der Waals surface area contributed by atoms with Gasteiger partial charge in [0.1, 0.15) is 0 Å². The number of rotatable bonds is 5. The van der Waals surface area contributed by atoms with Gasteiger partial charge < -0.3 is 11.1 Å². The molecule has 1 aliphatic rings. The van der Waals surface area contributed by atoms with Gasteiger partial charge in [-0.05, 0) is 39.2 Å². The van der Waals surface area contributed by atoms with Crippen molar-refractivity contribution >= 4 is 11.6 Å². The number of aromatic amines is 1. The molecule has 118 valence electrons. The number of likely N-dealkylation sites (tertiary alicyclic amines) is 1. The molecule has 2 atom stereocenters. The molecule has 4 N–H and O–H groups in total. The van der Waals surface area contributed by atoms with E-state index in [-0.39, 0.29) is 5.91 Å². The van der Waals surface area contributed by atoms with E-state index in [0.717, 1.165) is 42.4 Å². The molecule has 2 unspecified atom stereocenters. The summed E-state index contributed by atoms with van der Waals surface area (Å²) in [6.45, 7) is 8.00. The molecule has 21 heavy (non-hydrogen) atoms. The van der Waals surface area contributed by atoms with Gasteiger partial charge in [-0.3, -0.25) is 14.8 Å². The van der Waals surface area contributed by atoms with Gasteiger partial charge >= 0.3 is 0 Å². The number of aromatic nitrogens is 2. The predicted molar refractivity (Wildman–Crippen MR) is 84.1 cm³/mol. The quantitative estimate of drug-likeness (QED) is 0.766. The van der Waals surface area contributed by atoms with E-state index in [1.165, 1.54) is 6.42 Å². The third-order valence-corrected chi connectivity index (χ3v) is 4.54. The van der Waals surface area contributed by atoms with E-state index in [2.05, 4.69) is 27.3 Å². The Labute approximate surface area is 126 Å². The van der Waals surface area contributed by atoms with Crippen LogP contribution in [0, 0.1) is 19.8 Å². The molecule has 1 amide bonds. The van der Waals surface area contributed by atoms with Gasteiger partial charge in [0.15, 0.2) is 0 Å². The van der Waals surface area contributed by atoms with Gasteiger partial charge in [0, 0.05) is 12.6 Å². The molecule has 0 radical (unpaired) electrons. The zero-order chi connectivity index (χ0) is 15.4. The molecule has 6 nitrogen and oxygen atoms in total. The average Bonchev–Trinajstić information content (AvgIpc) is 2.79.